The number of halogens is 1. The number of piperidine rings is 1. The van der Waals surface area contributed by atoms with Crippen LogP contribution < -0.4 is 0 Å². The molecule has 1 aromatic rings. The summed E-state index contributed by atoms with van der Waals surface area (Å²) in [6.07, 6.45) is 2.36. The van der Waals surface area contributed by atoms with Crippen LogP contribution in [0.1, 0.15) is 50.5 Å². The van der Waals surface area contributed by atoms with Gasteiger partial charge in [-0.15, -0.1) is 0 Å². The molecule has 8 heteroatoms. The molecule has 0 aliphatic carbocycles. The minimum Gasteiger partial charge on any atom is -0.466 e. The van der Waals surface area contributed by atoms with Crippen molar-refractivity contribution in [2.45, 2.75) is 44.9 Å². The lowest BCUT2D eigenvalue weighted by Gasteiger charge is -2.36. The first kappa shape index (κ1) is 21.9. The normalized spacial score (nSPS) is 18.8. The van der Waals surface area contributed by atoms with E-state index < -0.39 is 0 Å². The fraction of sp³-hybridized carbons (Fsp3) is 0.545. The number of amides is 2. The average molecular weight is 417 g/mol. The summed E-state index contributed by atoms with van der Waals surface area (Å²) in [7, 11) is 1.56. The molecule has 0 bridgehead atoms. The molecule has 7 nitrogen and oxygen atoms in total. The van der Waals surface area contributed by atoms with Gasteiger partial charge in [0.25, 0.3) is 5.91 Å². The van der Waals surface area contributed by atoms with Gasteiger partial charge in [-0.3, -0.25) is 14.4 Å². The van der Waals surface area contributed by atoms with Crippen molar-refractivity contribution in [3.05, 3.63) is 35.6 Å². The summed E-state index contributed by atoms with van der Waals surface area (Å²) in [5.74, 6) is -0.706. The number of benzene rings is 1. The number of hydrazone groups is 1. The topological polar surface area (TPSA) is 79.3 Å². The van der Waals surface area contributed by atoms with Crippen molar-refractivity contribution < 1.29 is 23.5 Å². The summed E-state index contributed by atoms with van der Waals surface area (Å²) in [5.41, 5.74) is 1.32. The molecular weight excluding hydrogens is 389 g/mol. The van der Waals surface area contributed by atoms with Gasteiger partial charge in [-0.2, -0.15) is 5.10 Å². The van der Waals surface area contributed by atoms with Crippen LogP contribution in [0.2, 0.25) is 0 Å². The van der Waals surface area contributed by atoms with Crippen molar-refractivity contribution in [2.75, 3.05) is 26.7 Å². The monoisotopic (exact) mass is 417 g/mol. The van der Waals surface area contributed by atoms with Gasteiger partial charge in [-0.1, -0.05) is 12.1 Å². The average Bonchev–Trinajstić information content (AvgIpc) is 2.74. The Bertz CT molecular complexity index is 816. The van der Waals surface area contributed by atoms with Crippen LogP contribution in [0.3, 0.4) is 0 Å². The number of hydrogen-bond acceptors (Lipinski definition) is 5. The summed E-state index contributed by atoms with van der Waals surface area (Å²) >= 11 is 0. The molecule has 1 fully saturated rings. The van der Waals surface area contributed by atoms with Crippen molar-refractivity contribution in [3.8, 4) is 0 Å². The second-order valence-corrected chi connectivity index (χ2v) is 7.76. The summed E-state index contributed by atoms with van der Waals surface area (Å²) in [4.78, 5) is 38.3. The van der Waals surface area contributed by atoms with Crippen LogP contribution in [-0.4, -0.2) is 60.1 Å². The Kier molecular flexibility index (Phi) is 7.18. The molecule has 0 N–H and O–H groups in total. The maximum Gasteiger partial charge on any atom is 0.306 e. The minimum absolute atomic E-state index is 0.0855. The number of hydrogen-bond donors (Lipinski definition) is 0. The smallest absolute Gasteiger partial charge is 0.306 e. The van der Waals surface area contributed by atoms with Crippen LogP contribution in [0.4, 0.5) is 4.39 Å². The Morgan fingerprint density at radius 3 is 2.47 bits per heavy atom. The van der Waals surface area contributed by atoms with Gasteiger partial charge in [0.15, 0.2) is 0 Å². The molecule has 2 aliphatic rings. The van der Waals surface area contributed by atoms with Gasteiger partial charge in [0.1, 0.15) is 11.5 Å². The Balaban J connectivity index is 1.67. The largest absolute Gasteiger partial charge is 0.466 e. The molecule has 0 unspecified atom stereocenters. The van der Waals surface area contributed by atoms with Crippen molar-refractivity contribution in [1.29, 1.82) is 0 Å². The van der Waals surface area contributed by atoms with Gasteiger partial charge in [-0.25, -0.2) is 9.40 Å². The number of nitrogens with zero attached hydrogens (tertiary/aromatic N) is 3. The van der Waals surface area contributed by atoms with Crippen molar-refractivity contribution >= 4 is 23.5 Å². The van der Waals surface area contributed by atoms with Crippen molar-refractivity contribution in [3.63, 3.8) is 0 Å². The molecule has 1 saturated heterocycles. The Labute approximate surface area is 175 Å². The van der Waals surface area contributed by atoms with Gasteiger partial charge in [-0.05, 0) is 49.3 Å². The second kappa shape index (κ2) is 9.82. The van der Waals surface area contributed by atoms with E-state index in [1.54, 1.807) is 31.0 Å². The molecular formula is C22H28FN3O4. The predicted octanol–water partition coefficient (Wildman–Crippen LogP) is 2.71. The lowest BCUT2D eigenvalue weighted by Crippen LogP contribution is -2.45. The zero-order valence-corrected chi connectivity index (χ0v) is 17.5. The molecule has 162 valence electrons. The zero-order valence-electron chi connectivity index (χ0n) is 17.5. The number of rotatable bonds is 6. The number of ether oxygens (including phenoxy) is 1. The summed E-state index contributed by atoms with van der Waals surface area (Å²) in [6.45, 7) is 3.20. The van der Waals surface area contributed by atoms with E-state index in [4.69, 9.17) is 4.74 Å². The van der Waals surface area contributed by atoms with E-state index in [0.717, 1.165) is 18.4 Å². The molecule has 30 heavy (non-hydrogen) atoms. The van der Waals surface area contributed by atoms with E-state index in [0.29, 0.717) is 38.2 Å². The van der Waals surface area contributed by atoms with Crippen LogP contribution in [0, 0.1) is 11.7 Å². The van der Waals surface area contributed by atoms with E-state index in [1.165, 1.54) is 17.1 Å². The lowest BCUT2D eigenvalue weighted by atomic mass is 9.78. The van der Waals surface area contributed by atoms with Gasteiger partial charge >= 0.3 is 5.97 Å². The molecule has 0 spiro atoms. The van der Waals surface area contributed by atoms with Gasteiger partial charge < -0.3 is 9.64 Å². The Morgan fingerprint density at radius 1 is 1.20 bits per heavy atom. The highest BCUT2D eigenvalue weighted by atomic mass is 19.1. The number of likely N-dealkylation sites (tertiary alicyclic amines) is 1. The van der Waals surface area contributed by atoms with Crippen LogP contribution >= 0.6 is 0 Å². The van der Waals surface area contributed by atoms with Crippen molar-refractivity contribution in [2.24, 2.45) is 11.0 Å². The summed E-state index contributed by atoms with van der Waals surface area (Å²) < 4.78 is 18.5. The number of carbonyl (C=O) groups excluding carboxylic acids is 3. The highest BCUT2D eigenvalue weighted by molar-refractivity contribution is 6.39. The first-order valence-corrected chi connectivity index (χ1v) is 10.4. The van der Waals surface area contributed by atoms with E-state index in [9.17, 15) is 18.8 Å². The van der Waals surface area contributed by atoms with Gasteiger partial charge in [0.05, 0.1) is 13.0 Å². The quantitative estimate of drug-likeness (QED) is 0.667. The summed E-state index contributed by atoms with van der Waals surface area (Å²) in [6, 6.07) is 6.26. The van der Waals surface area contributed by atoms with E-state index in [2.05, 4.69) is 5.10 Å². The highest BCUT2D eigenvalue weighted by Crippen LogP contribution is 2.36. The third-order valence-electron chi connectivity index (χ3n) is 5.84. The lowest BCUT2D eigenvalue weighted by molar-refractivity contribution is -0.144. The predicted molar refractivity (Wildman–Crippen MR) is 109 cm³/mol. The second-order valence-electron chi connectivity index (χ2n) is 7.76. The van der Waals surface area contributed by atoms with Gasteiger partial charge in [0.2, 0.25) is 5.91 Å². The maximum absolute atomic E-state index is 13.4. The molecule has 3 rings (SSSR count). The number of esters is 1. The highest BCUT2D eigenvalue weighted by Gasteiger charge is 2.33. The van der Waals surface area contributed by atoms with Crippen molar-refractivity contribution in [1.82, 2.24) is 9.91 Å². The molecule has 0 radical (unpaired) electrons. The third-order valence-corrected chi connectivity index (χ3v) is 5.84. The van der Waals surface area contributed by atoms with Gasteiger partial charge in [0, 0.05) is 33.0 Å². The van der Waals surface area contributed by atoms with Crippen LogP contribution in [0.15, 0.2) is 29.4 Å². The molecule has 2 heterocycles. The zero-order chi connectivity index (χ0) is 21.7. The third kappa shape index (κ3) is 5.23. The number of carbonyl (C=O) groups is 3. The van der Waals surface area contributed by atoms with Crippen LogP contribution in [0.25, 0.3) is 0 Å². The molecule has 0 aromatic heterocycles. The van der Waals surface area contributed by atoms with E-state index >= 15 is 0 Å². The van der Waals surface area contributed by atoms with E-state index in [1.807, 2.05) is 0 Å². The van der Waals surface area contributed by atoms with E-state index in [-0.39, 0.29) is 41.9 Å². The minimum atomic E-state index is -0.314. The summed E-state index contributed by atoms with van der Waals surface area (Å²) in [5, 5.41) is 5.35. The molecule has 0 saturated carbocycles. The van der Waals surface area contributed by atoms with Crippen LogP contribution in [-0.2, 0) is 19.1 Å². The standard InChI is InChI=1S/C22H28FN3O4/c1-3-30-21(28)14-18(15-4-6-17(23)7-5-15)16-10-12-26(13-11-16)22(29)19-8-9-20(27)25(2)24-19/h4-7,16,18H,3,8-14H2,1-2H3/t18-/m0/s1. The molecule has 1 aromatic carbocycles. The first-order chi connectivity index (χ1) is 14.4. The molecule has 2 amide bonds. The fourth-order valence-corrected chi connectivity index (χ4v) is 4.18. The first-order valence-electron chi connectivity index (χ1n) is 10.4. The Morgan fingerprint density at radius 2 is 1.87 bits per heavy atom. The molecule has 1 atom stereocenters. The SMILES string of the molecule is CCOC(=O)C[C@@H](c1ccc(F)cc1)C1CCN(C(=O)C2=NN(C)C(=O)CC2)CC1. The Hall–Kier alpha value is -2.77. The fourth-order valence-electron chi connectivity index (χ4n) is 4.18. The van der Waals surface area contributed by atoms with Crippen LogP contribution in [0.5, 0.6) is 0 Å². The maximum atomic E-state index is 13.4. The molecule has 2 aliphatic heterocycles.